The van der Waals surface area contributed by atoms with Crippen molar-refractivity contribution in [2.24, 2.45) is 12.2 Å². The van der Waals surface area contributed by atoms with Crippen LogP contribution in [0.1, 0.15) is 5.69 Å². The Balaban J connectivity index is 2.14. The van der Waals surface area contributed by atoms with Crippen LogP contribution in [0.2, 0.25) is 0 Å². The van der Waals surface area contributed by atoms with Gasteiger partial charge in [0.15, 0.2) is 0 Å². The number of ether oxygens (including phenoxy) is 1. The molecule has 0 saturated heterocycles. The van der Waals surface area contributed by atoms with Gasteiger partial charge in [-0.25, -0.2) is 13.6 Å². The van der Waals surface area contributed by atoms with Crippen molar-refractivity contribution in [3.8, 4) is 5.75 Å². The quantitative estimate of drug-likeness (QED) is 0.882. The van der Waals surface area contributed by atoms with Crippen molar-refractivity contribution in [1.29, 1.82) is 0 Å². The minimum Gasteiger partial charge on any atom is -0.486 e. The zero-order chi connectivity index (χ0) is 14.0. The second-order valence-electron chi connectivity index (χ2n) is 3.81. The lowest BCUT2D eigenvalue weighted by molar-refractivity contribution is 0.299. The van der Waals surface area contributed by atoms with Gasteiger partial charge in [0.25, 0.3) is 0 Å². The molecule has 0 atom stereocenters. The standard InChI is InChI=1S/C10H11BrN4O3S/c1-15-5-7(13-14-15)6-18-10-3-2-8(4-9(10)11)19(12,16)17/h2-5H,6H2,1H3,(H2,12,16,17). The van der Waals surface area contributed by atoms with Crippen LogP contribution >= 0.6 is 15.9 Å². The van der Waals surface area contributed by atoms with Gasteiger partial charge in [0, 0.05) is 7.05 Å². The average molecular weight is 347 g/mol. The van der Waals surface area contributed by atoms with E-state index in [1.807, 2.05) is 0 Å². The van der Waals surface area contributed by atoms with E-state index in [0.29, 0.717) is 15.9 Å². The Morgan fingerprint density at radius 1 is 1.47 bits per heavy atom. The molecule has 0 aliphatic rings. The summed E-state index contributed by atoms with van der Waals surface area (Å²) in [5.41, 5.74) is 0.671. The molecule has 0 fully saturated rings. The Morgan fingerprint density at radius 2 is 2.21 bits per heavy atom. The summed E-state index contributed by atoms with van der Waals surface area (Å²) >= 11 is 3.23. The first-order chi connectivity index (χ1) is 8.86. The first-order valence-corrected chi connectivity index (χ1v) is 7.50. The van der Waals surface area contributed by atoms with Crippen molar-refractivity contribution in [1.82, 2.24) is 15.0 Å². The molecule has 0 unspecified atom stereocenters. The molecular weight excluding hydrogens is 336 g/mol. The number of rotatable bonds is 4. The summed E-state index contributed by atoms with van der Waals surface area (Å²) in [6, 6.07) is 4.30. The average Bonchev–Trinajstić information content (AvgIpc) is 2.72. The lowest BCUT2D eigenvalue weighted by Crippen LogP contribution is -2.12. The summed E-state index contributed by atoms with van der Waals surface area (Å²) in [6.45, 7) is 0.237. The van der Waals surface area contributed by atoms with Gasteiger partial charge in [-0.1, -0.05) is 5.21 Å². The van der Waals surface area contributed by atoms with Crippen LogP contribution in [0.5, 0.6) is 5.75 Å². The van der Waals surface area contributed by atoms with Gasteiger partial charge in [-0.3, -0.25) is 4.68 Å². The van der Waals surface area contributed by atoms with Gasteiger partial charge in [-0.2, -0.15) is 0 Å². The van der Waals surface area contributed by atoms with E-state index in [1.54, 1.807) is 17.9 Å². The summed E-state index contributed by atoms with van der Waals surface area (Å²) in [5.74, 6) is 0.498. The van der Waals surface area contributed by atoms with Crippen LogP contribution < -0.4 is 9.88 Å². The van der Waals surface area contributed by atoms with Crippen LogP contribution in [0.4, 0.5) is 0 Å². The van der Waals surface area contributed by atoms with E-state index in [-0.39, 0.29) is 11.5 Å². The molecule has 9 heteroatoms. The number of primary sulfonamides is 1. The maximum Gasteiger partial charge on any atom is 0.238 e. The SMILES string of the molecule is Cn1cc(COc2ccc(S(N)(=O)=O)cc2Br)nn1. The fraction of sp³-hybridized carbons (Fsp3) is 0.200. The monoisotopic (exact) mass is 346 g/mol. The Labute approximate surface area is 118 Å². The summed E-state index contributed by atoms with van der Waals surface area (Å²) in [5, 5.41) is 12.7. The first-order valence-electron chi connectivity index (χ1n) is 5.16. The van der Waals surface area contributed by atoms with Crippen LogP contribution in [0.15, 0.2) is 33.8 Å². The third-order valence-corrected chi connectivity index (χ3v) is 3.79. The smallest absolute Gasteiger partial charge is 0.238 e. The van der Waals surface area contributed by atoms with Gasteiger partial charge in [-0.05, 0) is 34.1 Å². The fourth-order valence-electron chi connectivity index (χ4n) is 1.39. The van der Waals surface area contributed by atoms with Crippen LogP contribution in [0, 0.1) is 0 Å². The molecule has 1 aromatic carbocycles. The summed E-state index contributed by atoms with van der Waals surface area (Å²) in [4.78, 5) is 0.0197. The zero-order valence-corrected chi connectivity index (χ0v) is 12.3. The number of aromatic nitrogens is 3. The predicted octanol–water partition coefficient (Wildman–Crippen LogP) is 0.804. The Bertz CT molecular complexity index is 699. The predicted molar refractivity (Wildman–Crippen MR) is 70.9 cm³/mol. The number of hydrogen-bond acceptors (Lipinski definition) is 5. The number of nitrogens with two attached hydrogens (primary N) is 1. The van der Waals surface area contributed by atoms with Crippen molar-refractivity contribution >= 4 is 26.0 Å². The van der Waals surface area contributed by atoms with Gasteiger partial charge in [0.2, 0.25) is 10.0 Å². The molecule has 2 rings (SSSR count). The van der Waals surface area contributed by atoms with Gasteiger partial charge in [-0.15, -0.1) is 5.10 Å². The number of hydrogen-bond donors (Lipinski definition) is 1. The normalized spacial score (nSPS) is 11.5. The number of sulfonamides is 1. The molecule has 2 aromatic rings. The number of aryl methyl sites for hydroxylation is 1. The lowest BCUT2D eigenvalue weighted by Gasteiger charge is -2.07. The lowest BCUT2D eigenvalue weighted by atomic mass is 10.3. The highest BCUT2D eigenvalue weighted by Gasteiger charge is 2.11. The highest BCUT2D eigenvalue weighted by molar-refractivity contribution is 9.10. The van der Waals surface area contributed by atoms with Crippen LogP contribution in [-0.2, 0) is 23.7 Å². The molecule has 7 nitrogen and oxygen atoms in total. The van der Waals surface area contributed by atoms with Crippen LogP contribution in [0.25, 0.3) is 0 Å². The topological polar surface area (TPSA) is 100 Å². The molecule has 0 bridgehead atoms. The van der Waals surface area contributed by atoms with E-state index in [0.717, 1.165) is 0 Å². The molecule has 1 aromatic heterocycles. The third-order valence-electron chi connectivity index (χ3n) is 2.26. The van der Waals surface area contributed by atoms with Crippen LogP contribution in [-0.4, -0.2) is 23.4 Å². The molecular formula is C10H11BrN4O3S. The maximum absolute atomic E-state index is 11.2. The third kappa shape index (κ3) is 3.52. The minimum atomic E-state index is -3.72. The van der Waals surface area contributed by atoms with E-state index in [1.165, 1.54) is 18.2 Å². The van der Waals surface area contributed by atoms with E-state index < -0.39 is 10.0 Å². The molecule has 19 heavy (non-hydrogen) atoms. The van der Waals surface area contributed by atoms with E-state index in [2.05, 4.69) is 26.2 Å². The van der Waals surface area contributed by atoms with Crippen molar-refractivity contribution < 1.29 is 13.2 Å². The van der Waals surface area contributed by atoms with E-state index in [4.69, 9.17) is 9.88 Å². The van der Waals surface area contributed by atoms with Crippen molar-refractivity contribution in [3.63, 3.8) is 0 Å². The summed E-state index contributed by atoms with van der Waals surface area (Å²) in [7, 11) is -1.96. The van der Waals surface area contributed by atoms with E-state index >= 15 is 0 Å². The van der Waals surface area contributed by atoms with Crippen LogP contribution in [0.3, 0.4) is 0 Å². The van der Waals surface area contributed by atoms with Gasteiger partial charge >= 0.3 is 0 Å². The molecule has 0 aliphatic carbocycles. The molecule has 0 radical (unpaired) electrons. The van der Waals surface area contributed by atoms with Crippen molar-refractivity contribution in [2.45, 2.75) is 11.5 Å². The zero-order valence-electron chi connectivity index (χ0n) is 9.95. The van der Waals surface area contributed by atoms with Gasteiger partial charge in [0.05, 0.1) is 15.6 Å². The maximum atomic E-state index is 11.2. The van der Waals surface area contributed by atoms with Crippen molar-refractivity contribution in [3.05, 3.63) is 34.6 Å². The number of nitrogens with zero attached hydrogens (tertiary/aromatic N) is 3. The largest absolute Gasteiger partial charge is 0.486 e. The number of benzene rings is 1. The fourth-order valence-corrected chi connectivity index (χ4v) is 2.57. The number of halogens is 1. The summed E-state index contributed by atoms with van der Waals surface area (Å²) < 4.78 is 29.9. The summed E-state index contributed by atoms with van der Waals surface area (Å²) in [6.07, 6.45) is 1.73. The molecule has 0 saturated carbocycles. The first kappa shape index (κ1) is 14.0. The molecule has 102 valence electrons. The Kier molecular flexibility index (Phi) is 3.88. The molecule has 0 aliphatic heterocycles. The molecule has 0 amide bonds. The van der Waals surface area contributed by atoms with Crippen molar-refractivity contribution in [2.75, 3.05) is 0 Å². The second-order valence-corrected chi connectivity index (χ2v) is 6.23. The Hall–Kier alpha value is -1.45. The second kappa shape index (κ2) is 5.27. The highest BCUT2D eigenvalue weighted by Crippen LogP contribution is 2.27. The van der Waals surface area contributed by atoms with Gasteiger partial charge < -0.3 is 4.74 Å². The molecule has 2 N–H and O–H groups in total. The molecule has 1 heterocycles. The minimum absolute atomic E-state index is 0.0197. The highest BCUT2D eigenvalue weighted by atomic mass is 79.9. The van der Waals surface area contributed by atoms with E-state index in [9.17, 15) is 8.42 Å². The molecule has 0 spiro atoms. The Morgan fingerprint density at radius 3 is 2.74 bits per heavy atom. The van der Waals surface area contributed by atoms with Gasteiger partial charge in [0.1, 0.15) is 18.1 Å².